The van der Waals surface area contributed by atoms with Crippen molar-refractivity contribution in [2.75, 3.05) is 11.9 Å². The Labute approximate surface area is 118 Å². The number of nitrogens with zero attached hydrogens (tertiary/aromatic N) is 1. The quantitative estimate of drug-likeness (QED) is 0.897. The highest BCUT2D eigenvalue weighted by Gasteiger charge is 2.29. The molecule has 1 saturated carbocycles. The number of rotatable bonds is 4. The number of amides is 2. The van der Waals surface area contributed by atoms with E-state index in [9.17, 15) is 18.0 Å². The van der Waals surface area contributed by atoms with Crippen LogP contribution in [0.4, 0.5) is 23.7 Å². The van der Waals surface area contributed by atoms with Crippen molar-refractivity contribution in [1.29, 1.82) is 5.26 Å². The second kappa shape index (κ2) is 5.91. The molecule has 1 aliphatic carbocycles. The molecule has 0 bridgehead atoms. The van der Waals surface area contributed by atoms with Crippen LogP contribution >= 0.6 is 0 Å². The summed E-state index contributed by atoms with van der Waals surface area (Å²) in [7, 11) is 0. The zero-order valence-electron chi connectivity index (χ0n) is 10.8. The van der Waals surface area contributed by atoms with Gasteiger partial charge in [-0.2, -0.15) is 18.4 Å². The van der Waals surface area contributed by atoms with E-state index in [0.29, 0.717) is 5.69 Å². The minimum Gasteiger partial charge on any atom is -0.483 e. The number of carbonyl (C=O) groups is 1. The number of halogens is 3. The average Bonchev–Trinajstić information content (AvgIpc) is 3.19. The van der Waals surface area contributed by atoms with Gasteiger partial charge in [0.15, 0.2) is 6.61 Å². The molecule has 1 aliphatic rings. The molecule has 2 N–H and O–H groups in total. The summed E-state index contributed by atoms with van der Waals surface area (Å²) in [6, 6.07) is 5.35. The second-order valence-corrected chi connectivity index (χ2v) is 4.60. The summed E-state index contributed by atoms with van der Waals surface area (Å²) in [5.41, 5.74) is 0.229. The van der Waals surface area contributed by atoms with Gasteiger partial charge in [0, 0.05) is 11.7 Å². The second-order valence-electron chi connectivity index (χ2n) is 4.60. The van der Waals surface area contributed by atoms with Crippen LogP contribution in [-0.2, 0) is 0 Å². The van der Waals surface area contributed by atoms with Crippen LogP contribution in [0.15, 0.2) is 18.2 Å². The number of hydrogen-bond acceptors (Lipinski definition) is 3. The predicted molar refractivity (Wildman–Crippen MR) is 67.9 cm³/mol. The van der Waals surface area contributed by atoms with Crippen LogP contribution in [0.2, 0.25) is 0 Å². The lowest BCUT2D eigenvalue weighted by molar-refractivity contribution is -0.153. The SMILES string of the molecule is N#Cc1cc(NC(=O)NC2CC2)ccc1OCC(F)(F)F. The Morgan fingerprint density at radius 3 is 2.71 bits per heavy atom. The van der Waals surface area contributed by atoms with Gasteiger partial charge in [-0.05, 0) is 31.0 Å². The molecule has 0 atom stereocenters. The fraction of sp³-hybridized carbons (Fsp3) is 0.385. The van der Waals surface area contributed by atoms with Gasteiger partial charge in [-0.25, -0.2) is 4.79 Å². The standard InChI is InChI=1S/C13H12F3N3O2/c14-13(15,16)7-21-11-4-3-10(5-8(11)6-17)19-12(20)18-9-1-2-9/h3-5,9H,1-2,7H2,(H2,18,19,20). The van der Waals surface area contributed by atoms with E-state index in [1.54, 1.807) is 6.07 Å². The van der Waals surface area contributed by atoms with E-state index in [0.717, 1.165) is 12.8 Å². The van der Waals surface area contributed by atoms with Crippen molar-refractivity contribution in [2.45, 2.75) is 25.1 Å². The molecule has 8 heteroatoms. The zero-order valence-corrected chi connectivity index (χ0v) is 10.8. The van der Waals surface area contributed by atoms with Gasteiger partial charge in [0.25, 0.3) is 0 Å². The molecule has 1 aromatic carbocycles. The zero-order chi connectivity index (χ0) is 15.5. The summed E-state index contributed by atoms with van der Waals surface area (Å²) >= 11 is 0. The molecule has 0 unspecified atom stereocenters. The number of nitrogens with one attached hydrogen (secondary N) is 2. The molecule has 1 fully saturated rings. The highest BCUT2D eigenvalue weighted by molar-refractivity contribution is 5.90. The van der Waals surface area contributed by atoms with E-state index < -0.39 is 18.8 Å². The highest BCUT2D eigenvalue weighted by atomic mass is 19.4. The molecule has 0 aromatic heterocycles. The third-order valence-corrected chi connectivity index (χ3v) is 2.66. The van der Waals surface area contributed by atoms with Gasteiger partial charge >= 0.3 is 12.2 Å². The Morgan fingerprint density at radius 1 is 1.43 bits per heavy atom. The van der Waals surface area contributed by atoms with Crippen molar-refractivity contribution >= 4 is 11.7 Å². The van der Waals surface area contributed by atoms with Crippen molar-refractivity contribution in [2.24, 2.45) is 0 Å². The van der Waals surface area contributed by atoms with Gasteiger partial charge in [-0.1, -0.05) is 0 Å². The Bertz CT molecular complexity index is 577. The fourth-order valence-electron chi connectivity index (χ4n) is 1.56. The lowest BCUT2D eigenvalue weighted by Gasteiger charge is -2.12. The van der Waals surface area contributed by atoms with E-state index in [1.807, 2.05) is 0 Å². The van der Waals surface area contributed by atoms with Crippen LogP contribution < -0.4 is 15.4 Å². The first-order chi connectivity index (χ1) is 9.87. The summed E-state index contributed by atoms with van der Waals surface area (Å²) in [6.07, 6.45) is -2.62. The number of hydrogen-bond donors (Lipinski definition) is 2. The van der Waals surface area contributed by atoms with Crippen molar-refractivity contribution in [3.05, 3.63) is 23.8 Å². The number of urea groups is 1. The minimum atomic E-state index is -4.48. The molecule has 0 spiro atoms. The van der Waals surface area contributed by atoms with E-state index in [2.05, 4.69) is 15.4 Å². The topological polar surface area (TPSA) is 74.2 Å². The Hall–Kier alpha value is -2.43. The van der Waals surface area contributed by atoms with Crippen LogP contribution in [0.3, 0.4) is 0 Å². The highest BCUT2D eigenvalue weighted by Crippen LogP contribution is 2.25. The molecule has 0 aliphatic heterocycles. The lowest BCUT2D eigenvalue weighted by Crippen LogP contribution is -2.30. The molecular weight excluding hydrogens is 287 g/mol. The molecule has 0 saturated heterocycles. The van der Waals surface area contributed by atoms with Gasteiger partial charge in [0.2, 0.25) is 0 Å². The maximum absolute atomic E-state index is 12.1. The van der Waals surface area contributed by atoms with Crippen LogP contribution in [0, 0.1) is 11.3 Å². The first-order valence-electron chi connectivity index (χ1n) is 6.18. The average molecular weight is 299 g/mol. The van der Waals surface area contributed by atoms with Crippen LogP contribution in [0.5, 0.6) is 5.75 Å². The first-order valence-corrected chi connectivity index (χ1v) is 6.18. The van der Waals surface area contributed by atoms with Gasteiger partial charge < -0.3 is 15.4 Å². The number of benzene rings is 1. The molecule has 5 nitrogen and oxygen atoms in total. The first kappa shape index (κ1) is 15.0. The molecule has 21 heavy (non-hydrogen) atoms. The van der Waals surface area contributed by atoms with Crippen molar-refractivity contribution in [1.82, 2.24) is 5.32 Å². The minimum absolute atomic E-state index is 0.0801. The summed E-state index contributed by atoms with van der Waals surface area (Å²) in [5.74, 6) is -0.178. The number of nitriles is 1. The third-order valence-electron chi connectivity index (χ3n) is 2.66. The normalized spacial score (nSPS) is 14.2. The third kappa shape index (κ3) is 4.87. The Balaban J connectivity index is 2.01. The maximum Gasteiger partial charge on any atom is 0.422 e. The molecule has 0 heterocycles. The Morgan fingerprint density at radius 2 is 2.14 bits per heavy atom. The van der Waals surface area contributed by atoms with Crippen LogP contribution in [0.25, 0.3) is 0 Å². The number of ether oxygens (including phenoxy) is 1. The number of carbonyl (C=O) groups excluding carboxylic acids is 1. The van der Waals surface area contributed by atoms with Gasteiger partial charge in [-0.15, -0.1) is 0 Å². The van der Waals surface area contributed by atoms with E-state index in [1.165, 1.54) is 18.2 Å². The molecule has 0 radical (unpaired) electrons. The predicted octanol–water partition coefficient (Wildman–Crippen LogP) is 2.78. The number of anilines is 1. The molecular formula is C13H12F3N3O2. The Kier molecular flexibility index (Phi) is 4.21. The van der Waals surface area contributed by atoms with Crippen molar-refractivity contribution in [3.63, 3.8) is 0 Å². The number of alkyl halides is 3. The summed E-state index contributed by atoms with van der Waals surface area (Å²) < 4.78 is 40.8. The summed E-state index contributed by atoms with van der Waals surface area (Å²) in [6.45, 7) is -1.48. The molecule has 2 rings (SSSR count). The largest absolute Gasteiger partial charge is 0.483 e. The fourth-order valence-corrected chi connectivity index (χ4v) is 1.56. The van der Waals surface area contributed by atoms with Gasteiger partial charge in [0.1, 0.15) is 11.8 Å². The van der Waals surface area contributed by atoms with E-state index in [-0.39, 0.29) is 17.4 Å². The maximum atomic E-state index is 12.1. The molecule has 2 amide bonds. The lowest BCUT2D eigenvalue weighted by atomic mass is 10.2. The van der Waals surface area contributed by atoms with E-state index in [4.69, 9.17) is 5.26 Å². The summed E-state index contributed by atoms with van der Waals surface area (Å²) in [4.78, 5) is 11.5. The van der Waals surface area contributed by atoms with Crippen LogP contribution in [-0.4, -0.2) is 24.9 Å². The van der Waals surface area contributed by atoms with Gasteiger partial charge in [0.05, 0.1) is 5.56 Å². The van der Waals surface area contributed by atoms with Crippen molar-refractivity contribution in [3.8, 4) is 11.8 Å². The monoisotopic (exact) mass is 299 g/mol. The summed E-state index contributed by atoms with van der Waals surface area (Å²) in [5, 5.41) is 14.1. The van der Waals surface area contributed by atoms with E-state index >= 15 is 0 Å². The molecule has 112 valence electrons. The smallest absolute Gasteiger partial charge is 0.422 e. The van der Waals surface area contributed by atoms with Crippen LogP contribution in [0.1, 0.15) is 18.4 Å². The van der Waals surface area contributed by atoms with Gasteiger partial charge in [-0.3, -0.25) is 0 Å². The van der Waals surface area contributed by atoms with Crippen molar-refractivity contribution < 1.29 is 22.7 Å². The molecule has 1 aromatic rings.